The van der Waals surface area contributed by atoms with Crippen molar-refractivity contribution in [3.05, 3.63) is 0 Å². The van der Waals surface area contributed by atoms with Crippen LogP contribution in [0, 0.1) is 5.41 Å². The molecule has 1 aliphatic rings. The Morgan fingerprint density at radius 1 is 1.42 bits per heavy atom. The molecule has 1 rings (SSSR count). The van der Waals surface area contributed by atoms with Gasteiger partial charge < -0.3 is 14.4 Å². The second-order valence-electron chi connectivity index (χ2n) is 7.76. The molecule has 0 unspecified atom stereocenters. The summed E-state index contributed by atoms with van der Waals surface area (Å²) in [4.78, 5) is 13.6. The standard InChI is InChI=1S/C14H29NO3Si/c1-13(2,3)19(6,7)18-9-8-15-10-14(4,5)11(16)12(15)17/h11,16H,8-10H2,1-7H3/t11-/m0/s1. The molecule has 0 saturated carbocycles. The first-order chi connectivity index (χ1) is 8.38. The molecule has 1 atom stereocenters. The second kappa shape index (κ2) is 5.18. The van der Waals surface area contributed by atoms with Crippen LogP contribution in [0.25, 0.3) is 0 Å². The lowest BCUT2D eigenvalue weighted by Gasteiger charge is -2.36. The lowest BCUT2D eigenvalue weighted by atomic mass is 9.90. The smallest absolute Gasteiger partial charge is 0.252 e. The van der Waals surface area contributed by atoms with E-state index < -0.39 is 14.4 Å². The summed E-state index contributed by atoms with van der Waals surface area (Å²) in [6.07, 6.45) is -0.875. The van der Waals surface area contributed by atoms with Gasteiger partial charge in [0.25, 0.3) is 5.91 Å². The van der Waals surface area contributed by atoms with Crippen molar-refractivity contribution in [3.63, 3.8) is 0 Å². The molecule has 0 spiro atoms. The van der Waals surface area contributed by atoms with Gasteiger partial charge in [0, 0.05) is 18.5 Å². The van der Waals surface area contributed by atoms with Gasteiger partial charge in [-0.15, -0.1) is 0 Å². The number of likely N-dealkylation sites (tertiary alicyclic amines) is 1. The number of rotatable bonds is 4. The molecule has 1 N–H and O–H groups in total. The molecule has 0 aromatic rings. The monoisotopic (exact) mass is 287 g/mol. The third-order valence-corrected chi connectivity index (χ3v) is 9.05. The molecule has 0 aromatic heterocycles. The van der Waals surface area contributed by atoms with E-state index in [4.69, 9.17) is 4.43 Å². The lowest BCUT2D eigenvalue weighted by molar-refractivity contribution is -0.136. The Kier molecular flexibility index (Phi) is 4.55. The van der Waals surface area contributed by atoms with Crippen molar-refractivity contribution in [3.8, 4) is 0 Å². The summed E-state index contributed by atoms with van der Waals surface area (Å²) in [6.45, 7) is 16.6. The maximum atomic E-state index is 11.9. The average Bonchev–Trinajstić information content (AvgIpc) is 2.40. The van der Waals surface area contributed by atoms with Crippen molar-refractivity contribution in [1.82, 2.24) is 4.90 Å². The van der Waals surface area contributed by atoms with Crippen molar-refractivity contribution in [1.29, 1.82) is 0 Å². The quantitative estimate of drug-likeness (QED) is 0.807. The topological polar surface area (TPSA) is 49.8 Å². The Morgan fingerprint density at radius 3 is 2.32 bits per heavy atom. The molecule has 1 aliphatic heterocycles. The van der Waals surface area contributed by atoms with Crippen molar-refractivity contribution < 1.29 is 14.3 Å². The molecule has 0 bridgehead atoms. The Bertz CT molecular complexity index is 347. The first-order valence-corrected chi connectivity index (χ1v) is 9.90. The van der Waals surface area contributed by atoms with E-state index >= 15 is 0 Å². The number of carbonyl (C=O) groups is 1. The fourth-order valence-electron chi connectivity index (χ4n) is 1.98. The highest BCUT2D eigenvalue weighted by molar-refractivity contribution is 6.74. The number of hydrogen-bond acceptors (Lipinski definition) is 3. The Labute approximate surface area is 118 Å². The van der Waals surface area contributed by atoms with Crippen LogP contribution in [0.3, 0.4) is 0 Å². The van der Waals surface area contributed by atoms with E-state index in [1.165, 1.54) is 0 Å². The van der Waals surface area contributed by atoms with Crippen molar-refractivity contribution in [2.24, 2.45) is 5.41 Å². The second-order valence-corrected chi connectivity index (χ2v) is 12.6. The molecule has 0 aliphatic carbocycles. The minimum absolute atomic E-state index is 0.163. The first-order valence-electron chi connectivity index (χ1n) is 6.99. The van der Waals surface area contributed by atoms with Crippen LogP contribution in [0.2, 0.25) is 18.1 Å². The fourth-order valence-corrected chi connectivity index (χ4v) is 3.01. The molecule has 4 nitrogen and oxygen atoms in total. The van der Waals surface area contributed by atoms with Crippen molar-refractivity contribution >= 4 is 14.2 Å². The summed E-state index contributed by atoms with van der Waals surface area (Å²) in [5.74, 6) is -0.163. The van der Waals surface area contributed by atoms with Crippen LogP contribution in [0.1, 0.15) is 34.6 Å². The number of nitrogens with zero attached hydrogens (tertiary/aromatic N) is 1. The summed E-state index contributed by atoms with van der Waals surface area (Å²) < 4.78 is 6.07. The van der Waals surface area contributed by atoms with Gasteiger partial charge in [-0.2, -0.15) is 0 Å². The highest BCUT2D eigenvalue weighted by Gasteiger charge is 2.45. The zero-order valence-corrected chi connectivity index (χ0v) is 14.4. The van der Waals surface area contributed by atoms with Gasteiger partial charge >= 0.3 is 0 Å². The van der Waals surface area contributed by atoms with Crippen LogP contribution >= 0.6 is 0 Å². The highest BCUT2D eigenvalue weighted by atomic mass is 28.4. The van der Waals surface area contributed by atoms with Gasteiger partial charge in [0.2, 0.25) is 0 Å². The third kappa shape index (κ3) is 3.58. The Balaban J connectivity index is 2.50. The summed E-state index contributed by atoms with van der Waals surface area (Å²) in [7, 11) is -1.75. The normalized spacial score (nSPS) is 24.1. The van der Waals surface area contributed by atoms with Gasteiger partial charge in [-0.05, 0) is 18.1 Å². The summed E-state index contributed by atoms with van der Waals surface area (Å²) in [6, 6.07) is 0. The van der Waals surface area contributed by atoms with Crippen LogP contribution in [0.15, 0.2) is 0 Å². The van der Waals surface area contributed by atoms with Crippen LogP contribution in [-0.2, 0) is 9.22 Å². The van der Waals surface area contributed by atoms with E-state index in [2.05, 4.69) is 33.9 Å². The minimum atomic E-state index is -1.75. The molecule has 1 heterocycles. The van der Waals surface area contributed by atoms with Crippen molar-refractivity contribution in [2.75, 3.05) is 19.7 Å². The lowest BCUT2D eigenvalue weighted by Crippen LogP contribution is -2.43. The zero-order valence-electron chi connectivity index (χ0n) is 13.4. The molecular formula is C14H29NO3Si. The van der Waals surface area contributed by atoms with Crippen LogP contribution < -0.4 is 0 Å². The van der Waals surface area contributed by atoms with Gasteiger partial charge in [0.1, 0.15) is 6.10 Å². The van der Waals surface area contributed by atoms with E-state index in [-0.39, 0.29) is 16.4 Å². The van der Waals surface area contributed by atoms with Gasteiger partial charge in [-0.25, -0.2) is 0 Å². The molecule has 1 amide bonds. The van der Waals surface area contributed by atoms with Gasteiger partial charge in [-0.3, -0.25) is 4.79 Å². The predicted octanol–water partition coefficient (Wildman–Crippen LogP) is 2.24. The maximum absolute atomic E-state index is 11.9. The van der Waals surface area contributed by atoms with E-state index in [1.807, 2.05) is 13.8 Å². The number of aliphatic hydroxyl groups excluding tert-OH is 1. The fraction of sp³-hybridized carbons (Fsp3) is 0.929. The van der Waals surface area contributed by atoms with E-state index in [0.717, 1.165) is 0 Å². The molecule has 112 valence electrons. The van der Waals surface area contributed by atoms with Crippen LogP contribution in [0.4, 0.5) is 0 Å². The Morgan fingerprint density at radius 2 is 1.95 bits per heavy atom. The summed E-state index contributed by atoms with van der Waals surface area (Å²) >= 11 is 0. The number of carbonyl (C=O) groups excluding carboxylic acids is 1. The zero-order chi connectivity index (χ0) is 15.1. The third-order valence-electron chi connectivity index (χ3n) is 4.51. The SMILES string of the molecule is CC1(C)CN(CCO[Si](C)(C)C(C)(C)C)C(=O)[C@@H]1O. The van der Waals surface area contributed by atoms with E-state index in [9.17, 15) is 9.90 Å². The molecule has 5 heteroatoms. The molecule has 1 fully saturated rings. The number of amides is 1. The first kappa shape index (κ1) is 16.7. The predicted molar refractivity (Wildman–Crippen MR) is 79.5 cm³/mol. The van der Waals surface area contributed by atoms with E-state index in [1.54, 1.807) is 4.90 Å². The van der Waals surface area contributed by atoms with Gasteiger partial charge in [0.05, 0.1) is 6.61 Å². The van der Waals surface area contributed by atoms with Crippen LogP contribution in [0.5, 0.6) is 0 Å². The maximum Gasteiger partial charge on any atom is 0.252 e. The average molecular weight is 287 g/mol. The molecule has 19 heavy (non-hydrogen) atoms. The molecular weight excluding hydrogens is 258 g/mol. The van der Waals surface area contributed by atoms with Gasteiger partial charge in [0.15, 0.2) is 8.32 Å². The summed E-state index contributed by atoms with van der Waals surface area (Å²) in [5.41, 5.74) is -0.353. The Hall–Kier alpha value is -0.393. The van der Waals surface area contributed by atoms with E-state index in [0.29, 0.717) is 19.7 Å². The number of hydrogen-bond donors (Lipinski definition) is 1. The molecule has 0 aromatic carbocycles. The molecule has 1 saturated heterocycles. The van der Waals surface area contributed by atoms with Crippen LogP contribution in [-0.4, -0.2) is 50.0 Å². The molecule has 0 radical (unpaired) electrons. The minimum Gasteiger partial charge on any atom is -0.415 e. The highest BCUT2D eigenvalue weighted by Crippen LogP contribution is 2.36. The summed E-state index contributed by atoms with van der Waals surface area (Å²) in [5, 5.41) is 10.0. The number of aliphatic hydroxyl groups is 1. The van der Waals surface area contributed by atoms with Crippen molar-refractivity contribution in [2.45, 2.75) is 58.9 Å². The largest absolute Gasteiger partial charge is 0.415 e. The van der Waals surface area contributed by atoms with Gasteiger partial charge in [-0.1, -0.05) is 34.6 Å².